The summed E-state index contributed by atoms with van der Waals surface area (Å²) in [6.07, 6.45) is 0. The molecular weight excluding hydrogens is 502 g/mol. The molecular formula is C7H7Br3Hf. The average molecular weight is 509 g/mol. The molecule has 0 aliphatic heterocycles. The Balaban J connectivity index is 2.99. The van der Waals surface area contributed by atoms with Gasteiger partial charge >= 0.3 is 89.9 Å². The van der Waals surface area contributed by atoms with Crippen LogP contribution in [0.4, 0.5) is 0 Å². The molecule has 0 unspecified atom stereocenters. The summed E-state index contributed by atoms with van der Waals surface area (Å²) in [6, 6.07) is 8.59. The Morgan fingerprint density at radius 2 is 1.45 bits per heavy atom. The van der Waals surface area contributed by atoms with Crippen LogP contribution < -0.4 is 3.32 Å². The van der Waals surface area contributed by atoms with Crippen molar-refractivity contribution < 1.29 is 13.0 Å². The fourth-order valence-corrected chi connectivity index (χ4v) is 9.19. The Bertz CT molecular complexity index is 237. The molecule has 11 heavy (non-hydrogen) atoms. The van der Waals surface area contributed by atoms with Gasteiger partial charge in [-0.2, -0.15) is 0 Å². The van der Waals surface area contributed by atoms with Crippen molar-refractivity contribution >= 4 is 40.2 Å². The topological polar surface area (TPSA) is 0 Å². The van der Waals surface area contributed by atoms with Crippen molar-refractivity contribution in [2.75, 3.05) is 0 Å². The zero-order chi connectivity index (χ0) is 8.48. The molecule has 1 aromatic carbocycles. The molecule has 0 heterocycles. The quantitative estimate of drug-likeness (QED) is 0.507. The number of aryl methyl sites for hydroxylation is 1. The van der Waals surface area contributed by atoms with Gasteiger partial charge in [0.1, 0.15) is 0 Å². The molecule has 0 bridgehead atoms. The summed E-state index contributed by atoms with van der Waals surface area (Å²) < 4.78 is 1.38. The van der Waals surface area contributed by atoms with Gasteiger partial charge < -0.3 is 0 Å². The minimum atomic E-state index is -2.42. The minimum absolute atomic E-state index is 1.30. The molecule has 0 N–H and O–H groups in total. The van der Waals surface area contributed by atoms with E-state index in [1.165, 1.54) is 8.88 Å². The molecule has 1 aromatic rings. The van der Waals surface area contributed by atoms with Crippen LogP contribution in [0.3, 0.4) is 0 Å². The summed E-state index contributed by atoms with van der Waals surface area (Å²) in [5, 5.41) is 0. The van der Waals surface area contributed by atoms with Crippen LogP contribution >= 0.6 is 36.9 Å². The van der Waals surface area contributed by atoms with Gasteiger partial charge in [-0.25, -0.2) is 0 Å². The summed E-state index contributed by atoms with van der Waals surface area (Å²) in [7, 11) is 0. The van der Waals surface area contributed by atoms with Crippen molar-refractivity contribution in [1.29, 1.82) is 0 Å². The van der Waals surface area contributed by atoms with Gasteiger partial charge in [-0.3, -0.25) is 0 Å². The van der Waals surface area contributed by atoms with Crippen LogP contribution in [0.1, 0.15) is 5.56 Å². The third-order valence-electron chi connectivity index (χ3n) is 1.38. The average Bonchev–Trinajstić information content (AvgIpc) is 1.86. The molecule has 0 spiro atoms. The van der Waals surface area contributed by atoms with Crippen LogP contribution in [0.2, 0.25) is 0 Å². The van der Waals surface area contributed by atoms with E-state index in [2.05, 4.69) is 68.1 Å². The van der Waals surface area contributed by atoms with Crippen LogP contribution in [0.25, 0.3) is 0 Å². The van der Waals surface area contributed by atoms with E-state index in [0.717, 1.165) is 0 Å². The first kappa shape index (κ1) is 10.6. The summed E-state index contributed by atoms with van der Waals surface area (Å²) in [5.41, 5.74) is 1.30. The zero-order valence-corrected chi connectivity index (χ0v) is 14.3. The molecule has 0 aliphatic rings. The van der Waals surface area contributed by atoms with Gasteiger partial charge in [-0.15, -0.1) is 0 Å². The van der Waals surface area contributed by atoms with E-state index in [-0.39, 0.29) is 0 Å². The van der Waals surface area contributed by atoms with Crippen LogP contribution in [-0.4, -0.2) is 0 Å². The second-order valence-electron chi connectivity index (χ2n) is 2.36. The SMILES string of the molecule is Cc1cc[c]([Hf]([Br])([Br])[Br])cc1. The molecule has 0 saturated heterocycles. The number of halogens is 3. The van der Waals surface area contributed by atoms with Crippen molar-refractivity contribution in [3.63, 3.8) is 0 Å². The van der Waals surface area contributed by atoms with Crippen LogP contribution in [0.5, 0.6) is 0 Å². The Labute approximate surface area is 88.6 Å². The van der Waals surface area contributed by atoms with Crippen molar-refractivity contribution in [2.24, 2.45) is 0 Å². The van der Waals surface area contributed by atoms with Gasteiger partial charge in [0.2, 0.25) is 0 Å². The molecule has 0 fully saturated rings. The Kier molecular flexibility index (Phi) is 4.01. The van der Waals surface area contributed by atoms with Crippen molar-refractivity contribution in [2.45, 2.75) is 6.92 Å². The van der Waals surface area contributed by atoms with E-state index in [4.69, 9.17) is 0 Å². The van der Waals surface area contributed by atoms with Crippen LogP contribution in [-0.2, 0) is 13.0 Å². The summed E-state index contributed by atoms with van der Waals surface area (Å²) >= 11 is 8.58. The first-order valence-corrected chi connectivity index (χ1v) is 28.5. The molecule has 60 valence electrons. The summed E-state index contributed by atoms with van der Waals surface area (Å²) in [4.78, 5) is 0. The van der Waals surface area contributed by atoms with Crippen molar-refractivity contribution in [1.82, 2.24) is 0 Å². The fourth-order valence-electron chi connectivity index (χ4n) is 0.743. The Morgan fingerprint density at radius 1 is 1.00 bits per heavy atom. The zero-order valence-electron chi connectivity index (χ0n) is 5.94. The number of hydrogen-bond donors (Lipinski definition) is 0. The van der Waals surface area contributed by atoms with Gasteiger partial charge in [0.25, 0.3) is 0 Å². The Morgan fingerprint density at radius 3 is 1.82 bits per heavy atom. The molecule has 0 saturated carbocycles. The fraction of sp³-hybridized carbons (Fsp3) is 0.143. The third kappa shape index (κ3) is 3.41. The maximum absolute atomic E-state index is 3.67. The standard InChI is InChI=1S/C7H7.3BrH.Hf/c1-7-5-3-2-4-6-7;;;;/h3-6H,1H3;3*1H;/q;;;;+3/p-3. The van der Waals surface area contributed by atoms with E-state index >= 15 is 0 Å². The first-order chi connectivity index (χ1) is 5.00. The van der Waals surface area contributed by atoms with Crippen LogP contribution in [0, 0.1) is 6.92 Å². The molecule has 1 rings (SSSR count). The molecule has 0 nitrogen and oxygen atoms in total. The summed E-state index contributed by atoms with van der Waals surface area (Å²) in [5.74, 6) is 0. The molecule has 0 aromatic heterocycles. The number of hydrogen-bond acceptors (Lipinski definition) is 0. The molecule has 0 amide bonds. The van der Waals surface area contributed by atoms with E-state index in [1.807, 2.05) is 0 Å². The van der Waals surface area contributed by atoms with Crippen molar-refractivity contribution in [3.05, 3.63) is 29.8 Å². The van der Waals surface area contributed by atoms with Gasteiger partial charge in [0.15, 0.2) is 0 Å². The second kappa shape index (κ2) is 4.16. The van der Waals surface area contributed by atoms with Crippen molar-refractivity contribution in [3.8, 4) is 0 Å². The van der Waals surface area contributed by atoms with Gasteiger partial charge in [0.05, 0.1) is 0 Å². The summed E-state index contributed by atoms with van der Waals surface area (Å²) in [6.45, 7) is 2.10. The third-order valence-corrected chi connectivity index (χ3v) is 16.2. The van der Waals surface area contributed by atoms with E-state index < -0.39 is 13.0 Å². The van der Waals surface area contributed by atoms with E-state index in [0.29, 0.717) is 0 Å². The van der Waals surface area contributed by atoms with Crippen LogP contribution in [0.15, 0.2) is 24.3 Å². The monoisotopic (exact) mass is 508 g/mol. The number of benzene rings is 1. The molecule has 0 atom stereocenters. The van der Waals surface area contributed by atoms with Gasteiger partial charge in [-0.05, 0) is 0 Å². The molecule has 4 heteroatoms. The predicted octanol–water partition coefficient (Wildman–Crippen LogP) is 3.70. The number of rotatable bonds is 1. The van der Waals surface area contributed by atoms with E-state index in [1.54, 1.807) is 0 Å². The van der Waals surface area contributed by atoms with E-state index in [9.17, 15) is 0 Å². The normalized spacial score (nSPS) is 11.6. The first-order valence-electron chi connectivity index (χ1n) is 3.14. The molecule has 0 aliphatic carbocycles. The predicted molar refractivity (Wildman–Crippen MR) is 57.6 cm³/mol. The maximum atomic E-state index is 3.67. The Hall–Kier alpha value is 1.53. The molecule has 0 radical (unpaired) electrons. The second-order valence-corrected chi connectivity index (χ2v) is 63.4. The van der Waals surface area contributed by atoms with Gasteiger partial charge in [-0.1, -0.05) is 0 Å². The van der Waals surface area contributed by atoms with Gasteiger partial charge in [0, 0.05) is 0 Å².